The Morgan fingerprint density at radius 1 is 1.29 bits per heavy atom. The Labute approximate surface area is 151 Å². The summed E-state index contributed by atoms with van der Waals surface area (Å²) in [6.45, 7) is 7.45. The molecule has 24 heavy (non-hydrogen) atoms. The number of carbonyl (C=O) groups excluding carboxylic acids is 1. The van der Waals surface area contributed by atoms with E-state index >= 15 is 0 Å². The Balaban J connectivity index is 1.57. The van der Waals surface area contributed by atoms with E-state index in [1.54, 1.807) is 11.3 Å². The minimum absolute atomic E-state index is 0.107. The molecule has 1 aromatic carbocycles. The predicted molar refractivity (Wildman–Crippen MR) is 99.6 cm³/mol. The van der Waals surface area contributed by atoms with E-state index in [9.17, 15) is 4.79 Å². The number of morpholine rings is 1. The lowest BCUT2D eigenvalue weighted by atomic mass is 10.1. The monoisotopic (exact) mass is 362 g/mol. The summed E-state index contributed by atoms with van der Waals surface area (Å²) in [5, 5.41) is 2.05. The largest absolute Gasteiger partial charge is 0.372 e. The summed E-state index contributed by atoms with van der Waals surface area (Å²) in [4.78, 5) is 18.9. The first kappa shape index (κ1) is 17.5. The molecule has 1 fully saturated rings. The highest BCUT2D eigenvalue weighted by atomic mass is 32.2. The Kier molecular flexibility index (Phi) is 5.58. The molecule has 1 amide bonds. The van der Waals surface area contributed by atoms with Crippen LogP contribution in [-0.2, 0) is 9.53 Å². The molecule has 0 radical (unpaired) electrons. The molecule has 1 saturated heterocycles. The highest BCUT2D eigenvalue weighted by Gasteiger charge is 2.25. The maximum absolute atomic E-state index is 12.4. The van der Waals surface area contributed by atoms with Crippen LogP contribution in [0.25, 0.3) is 11.3 Å². The van der Waals surface area contributed by atoms with E-state index in [1.165, 1.54) is 17.3 Å². The standard InChI is InChI=1S/C18H22N2O2S2/c1-12-4-6-15(7-5-12)16-10-23-18(19-16)24-11-17(21)20-8-13(2)22-14(3)9-20/h4-7,10,13-14H,8-9,11H2,1-3H3/t13-,14+. The average Bonchev–Trinajstić information content (AvgIpc) is 3.01. The van der Waals surface area contributed by atoms with Gasteiger partial charge in [0, 0.05) is 24.0 Å². The van der Waals surface area contributed by atoms with Crippen molar-refractivity contribution in [1.29, 1.82) is 0 Å². The van der Waals surface area contributed by atoms with Gasteiger partial charge in [-0.15, -0.1) is 11.3 Å². The lowest BCUT2D eigenvalue weighted by molar-refractivity contribution is -0.140. The molecule has 2 heterocycles. The van der Waals surface area contributed by atoms with Crippen molar-refractivity contribution in [3.63, 3.8) is 0 Å². The molecule has 0 aliphatic carbocycles. The van der Waals surface area contributed by atoms with E-state index in [2.05, 4.69) is 41.6 Å². The molecule has 1 aliphatic rings. The number of hydrogen-bond acceptors (Lipinski definition) is 5. The summed E-state index contributed by atoms with van der Waals surface area (Å²) >= 11 is 3.11. The van der Waals surface area contributed by atoms with Crippen LogP contribution in [0.15, 0.2) is 34.0 Å². The zero-order valence-corrected chi connectivity index (χ0v) is 15.8. The summed E-state index contributed by atoms with van der Waals surface area (Å²) < 4.78 is 6.62. The van der Waals surface area contributed by atoms with Crippen molar-refractivity contribution in [1.82, 2.24) is 9.88 Å². The van der Waals surface area contributed by atoms with Crippen LogP contribution in [0, 0.1) is 6.92 Å². The maximum Gasteiger partial charge on any atom is 0.233 e. The van der Waals surface area contributed by atoms with Gasteiger partial charge in [-0.05, 0) is 20.8 Å². The van der Waals surface area contributed by atoms with Crippen LogP contribution in [0.3, 0.4) is 0 Å². The summed E-state index contributed by atoms with van der Waals surface area (Å²) in [6, 6.07) is 8.35. The second kappa shape index (κ2) is 7.68. The first-order valence-corrected chi connectivity index (χ1v) is 9.96. The molecule has 2 atom stereocenters. The first-order valence-electron chi connectivity index (χ1n) is 8.10. The van der Waals surface area contributed by atoms with E-state index in [0.29, 0.717) is 18.8 Å². The highest BCUT2D eigenvalue weighted by Crippen LogP contribution is 2.28. The van der Waals surface area contributed by atoms with Gasteiger partial charge in [-0.25, -0.2) is 4.98 Å². The topological polar surface area (TPSA) is 42.4 Å². The van der Waals surface area contributed by atoms with Gasteiger partial charge < -0.3 is 9.64 Å². The van der Waals surface area contributed by atoms with Crippen molar-refractivity contribution in [2.75, 3.05) is 18.8 Å². The minimum atomic E-state index is 0.107. The van der Waals surface area contributed by atoms with Crippen molar-refractivity contribution in [2.45, 2.75) is 37.3 Å². The van der Waals surface area contributed by atoms with Crippen LogP contribution in [0.5, 0.6) is 0 Å². The third kappa shape index (κ3) is 4.37. The molecule has 2 aromatic rings. The number of nitrogens with zero attached hydrogens (tertiary/aromatic N) is 2. The van der Waals surface area contributed by atoms with Gasteiger partial charge in [0.25, 0.3) is 0 Å². The lowest BCUT2D eigenvalue weighted by Gasteiger charge is -2.35. The molecule has 0 spiro atoms. The number of carbonyl (C=O) groups is 1. The quantitative estimate of drug-likeness (QED) is 0.775. The van der Waals surface area contributed by atoms with Gasteiger partial charge in [0.15, 0.2) is 4.34 Å². The van der Waals surface area contributed by atoms with Crippen molar-refractivity contribution >= 4 is 29.0 Å². The molecule has 1 aromatic heterocycles. The number of rotatable bonds is 4. The van der Waals surface area contributed by atoms with Gasteiger partial charge in [0.1, 0.15) is 0 Å². The van der Waals surface area contributed by atoms with Crippen LogP contribution in [-0.4, -0.2) is 46.8 Å². The third-order valence-electron chi connectivity index (χ3n) is 3.92. The third-order valence-corrected chi connectivity index (χ3v) is 5.93. The van der Waals surface area contributed by atoms with Crippen molar-refractivity contribution in [3.8, 4) is 11.3 Å². The van der Waals surface area contributed by atoms with E-state index in [1.807, 2.05) is 18.7 Å². The summed E-state index contributed by atoms with van der Waals surface area (Å²) in [5.41, 5.74) is 3.33. The first-order chi connectivity index (χ1) is 11.5. The summed E-state index contributed by atoms with van der Waals surface area (Å²) in [5.74, 6) is 0.592. The second-order valence-corrected chi connectivity index (χ2v) is 8.29. The molecule has 6 heteroatoms. The van der Waals surface area contributed by atoms with E-state index in [4.69, 9.17) is 4.74 Å². The number of hydrogen-bond donors (Lipinski definition) is 0. The number of ether oxygens (including phenoxy) is 1. The van der Waals surface area contributed by atoms with Crippen LogP contribution >= 0.6 is 23.1 Å². The highest BCUT2D eigenvalue weighted by molar-refractivity contribution is 8.01. The molecule has 128 valence electrons. The van der Waals surface area contributed by atoms with Gasteiger partial charge in [0.05, 0.1) is 23.7 Å². The number of benzene rings is 1. The molecule has 0 bridgehead atoms. The zero-order valence-electron chi connectivity index (χ0n) is 14.2. The van der Waals surface area contributed by atoms with Gasteiger partial charge in [-0.2, -0.15) is 0 Å². The minimum Gasteiger partial charge on any atom is -0.372 e. The number of aryl methyl sites for hydroxylation is 1. The fourth-order valence-electron chi connectivity index (χ4n) is 2.78. The predicted octanol–water partition coefficient (Wildman–Crippen LogP) is 3.85. The van der Waals surface area contributed by atoms with Gasteiger partial charge in [-0.3, -0.25) is 4.79 Å². The van der Waals surface area contributed by atoms with E-state index < -0.39 is 0 Å². The molecular weight excluding hydrogens is 340 g/mol. The average molecular weight is 363 g/mol. The van der Waals surface area contributed by atoms with Gasteiger partial charge in [-0.1, -0.05) is 41.6 Å². The fourth-order valence-corrected chi connectivity index (χ4v) is 4.51. The van der Waals surface area contributed by atoms with Crippen LogP contribution in [0.1, 0.15) is 19.4 Å². The van der Waals surface area contributed by atoms with Crippen LogP contribution in [0.2, 0.25) is 0 Å². The smallest absolute Gasteiger partial charge is 0.233 e. The Morgan fingerprint density at radius 3 is 2.62 bits per heavy atom. The molecular formula is C18H22N2O2S2. The number of amides is 1. The Morgan fingerprint density at radius 2 is 1.96 bits per heavy atom. The SMILES string of the molecule is Cc1ccc(-c2csc(SCC(=O)N3C[C@@H](C)O[C@@H](C)C3)n2)cc1. The van der Waals surface area contributed by atoms with E-state index in [-0.39, 0.29) is 18.1 Å². The Bertz CT molecular complexity index is 689. The zero-order chi connectivity index (χ0) is 17.1. The lowest BCUT2D eigenvalue weighted by Crippen LogP contribution is -2.48. The van der Waals surface area contributed by atoms with E-state index in [0.717, 1.165) is 15.6 Å². The molecule has 0 N–H and O–H groups in total. The Hall–Kier alpha value is -1.37. The van der Waals surface area contributed by atoms with Crippen LogP contribution < -0.4 is 0 Å². The van der Waals surface area contributed by atoms with Crippen molar-refractivity contribution in [2.24, 2.45) is 0 Å². The molecule has 0 unspecified atom stereocenters. The van der Waals surface area contributed by atoms with Crippen molar-refractivity contribution < 1.29 is 9.53 Å². The number of thioether (sulfide) groups is 1. The van der Waals surface area contributed by atoms with Gasteiger partial charge >= 0.3 is 0 Å². The normalized spacial score (nSPS) is 21.0. The summed E-state index contributed by atoms with van der Waals surface area (Å²) in [6.07, 6.45) is 0.214. The van der Waals surface area contributed by atoms with Gasteiger partial charge in [0.2, 0.25) is 5.91 Å². The molecule has 4 nitrogen and oxygen atoms in total. The number of aromatic nitrogens is 1. The van der Waals surface area contributed by atoms with Crippen LogP contribution in [0.4, 0.5) is 0 Å². The fraction of sp³-hybridized carbons (Fsp3) is 0.444. The molecule has 1 aliphatic heterocycles. The summed E-state index contributed by atoms with van der Waals surface area (Å²) in [7, 11) is 0. The molecule has 0 saturated carbocycles. The maximum atomic E-state index is 12.4. The van der Waals surface area contributed by atoms with Crippen molar-refractivity contribution in [3.05, 3.63) is 35.2 Å². The second-order valence-electron chi connectivity index (χ2n) is 6.21. The molecule has 3 rings (SSSR count). The number of thiazole rings is 1.